The summed E-state index contributed by atoms with van der Waals surface area (Å²) in [5.41, 5.74) is 0.126. The van der Waals surface area contributed by atoms with Gasteiger partial charge in [-0.25, -0.2) is 4.79 Å². The first-order chi connectivity index (χ1) is 6.58. The molecular weight excluding hydrogens is 184 g/mol. The van der Waals surface area contributed by atoms with Crippen molar-refractivity contribution in [3.8, 4) is 0 Å². The van der Waals surface area contributed by atoms with E-state index < -0.39 is 5.97 Å². The van der Waals surface area contributed by atoms with E-state index in [4.69, 9.17) is 9.47 Å². The Morgan fingerprint density at radius 1 is 1.07 bits per heavy atom. The molecule has 2 atom stereocenters. The summed E-state index contributed by atoms with van der Waals surface area (Å²) < 4.78 is 10.4. The molecule has 2 unspecified atom stereocenters. The van der Waals surface area contributed by atoms with Crippen LogP contribution in [0.15, 0.2) is 11.3 Å². The molecule has 14 heavy (non-hydrogen) atoms. The molecule has 0 bridgehead atoms. The monoisotopic (exact) mass is 196 g/mol. The van der Waals surface area contributed by atoms with Crippen LogP contribution in [0.1, 0.15) is 26.7 Å². The van der Waals surface area contributed by atoms with E-state index >= 15 is 0 Å². The van der Waals surface area contributed by atoms with E-state index in [9.17, 15) is 9.59 Å². The quantitative estimate of drug-likeness (QED) is 0.427. The van der Waals surface area contributed by atoms with Crippen molar-refractivity contribution in [2.45, 2.75) is 38.9 Å². The Hall–Kier alpha value is -1.32. The molecular formula is C10H12O4. The molecule has 0 aliphatic carbocycles. The number of cyclic esters (lactones) is 1. The standard InChI is InChI=1S/C10H12O4/c1-5-3-7(11)9-8(13-5)4-6(2)14-10(9)12/h5-6H,3-4H2,1-2H3. The first-order valence-corrected chi connectivity index (χ1v) is 4.72. The normalized spacial score (nSPS) is 32.1. The summed E-state index contributed by atoms with van der Waals surface area (Å²) in [6.45, 7) is 3.61. The Labute approximate surface area is 81.9 Å². The summed E-state index contributed by atoms with van der Waals surface area (Å²) in [4.78, 5) is 22.9. The molecule has 0 amide bonds. The predicted octanol–water partition coefficient (Wildman–Crippen LogP) is 0.954. The van der Waals surface area contributed by atoms with E-state index in [2.05, 4.69) is 0 Å². The zero-order valence-electron chi connectivity index (χ0n) is 8.20. The molecule has 2 rings (SSSR count). The highest BCUT2D eigenvalue weighted by Crippen LogP contribution is 2.29. The zero-order valence-corrected chi connectivity index (χ0v) is 8.20. The van der Waals surface area contributed by atoms with Crippen molar-refractivity contribution in [1.82, 2.24) is 0 Å². The second-order valence-electron chi connectivity index (χ2n) is 3.77. The molecule has 0 saturated heterocycles. The van der Waals surface area contributed by atoms with Gasteiger partial charge in [0.1, 0.15) is 23.5 Å². The third-order valence-corrected chi connectivity index (χ3v) is 2.36. The molecule has 0 saturated carbocycles. The van der Waals surface area contributed by atoms with E-state index in [1.54, 1.807) is 6.92 Å². The molecule has 0 aromatic heterocycles. The molecule has 0 aromatic carbocycles. The number of carbonyl (C=O) groups excluding carboxylic acids is 2. The molecule has 4 heteroatoms. The topological polar surface area (TPSA) is 52.6 Å². The van der Waals surface area contributed by atoms with E-state index in [0.717, 1.165) is 0 Å². The maximum absolute atomic E-state index is 11.5. The molecule has 0 aromatic rings. The van der Waals surface area contributed by atoms with Crippen LogP contribution in [-0.4, -0.2) is 24.0 Å². The van der Waals surface area contributed by atoms with Crippen LogP contribution in [0.4, 0.5) is 0 Å². The number of hydrogen-bond donors (Lipinski definition) is 0. The molecule has 2 aliphatic rings. The second-order valence-corrected chi connectivity index (χ2v) is 3.77. The molecule has 76 valence electrons. The summed E-state index contributed by atoms with van der Waals surface area (Å²) in [5.74, 6) is -0.177. The minimum absolute atomic E-state index is 0.126. The van der Waals surface area contributed by atoms with Gasteiger partial charge in [0.2, 0.25) is 0 Å². The zero-order chi connectivity index (χ0) is 10.3. The number of ketones is 1. The summed E-state index contributed by atoms with van der Waals surface area (Å²) >= 11 is 0. The van der Waals surface area contributed by atoms with E-state index in [1.165, 1.54) is 0 Å². The fourth-order valence-electron chi connectivity index (χ4n) is 1.78. The van der Waals surface area contributed by atoms with E-state index in [1.807, 2.05) is 6.92 Å². The smallest absolute Gasteiger partial charge is 0.345 e. The van der Waals surface area contributed by atoms with Gasteiger partial charge < -0.3 is 9.47 Å². The van der Waals surface area contributed by atoms with Crippen LogP contribution in [-0.2, 0) is 19.1 Å². The van der Waals surface area contributed by atoms with Crippen molar-refractivity contribution in [3.63, 3.8) is 0 Å². The lowest BCUT2D eigenvalue weighted by Gasteiger charge is -2.30. The summed E-state index contributed by atoms with van der Waals surface area (Å²) in [6, 6.07) is 0. The number of hydrogen-bond acceptors (Lipinski definition) is 4. The van der Waals surface area contributed by atoms with Crippen molar-refractivity contribution in [3.05, 3.63) is 11.3 Å². The van der Waals surface area contributed by atoms with Crippen molar-refractivity contribution < 1.29 is 19.1 Å². The van der Waals surface area contributed by atoms with Crippen molar-refractivity contribution in [2.75, 3.05) is 0 Å². The van der Waals surface area contributed by atoms with Crippen LogP contribution < -0.4 is 0 Å². The maximum atomic E-state index is 11.5. The molecule has 2 aliphatic heterocycles. The summed E-state index contributed by atoms with van der Waals surface area (Å²) in [5, 5.41) is 0. The largest absolute Gasteiger partial charge is 0.493 e. The molecule has 2 heterocycles. The third-order valence-electron chi connectivity index (χ3n) is 2.36. The van der Waals surface area contributed by atoms with Gasteiger partial charge in [-0.2, -0.15) is 0 Å². The lowest BCUT2D eigenvalue weighted by Crippen LogP contribution is -2.35. The number of rotatable bonds is 0. The number of carbonyl (C=O) groups is 2. The van der Waals surface area contributed by atoms with Crippen LogP contribution >= 0.6 is 0 Å². The fourth-order valence-corrected chi connectivity index (χ4v) is 1.78. The molecule has 4 nitrogen and oxygen atoms in total. The highest BCUT2D eigenvalue weighted by Gasteiger charge is 2.37. The van der Waals surface area contributed by atoms with Gasteiger partial charge in [0, 0.05) is 12.8 Å². The van der Waals surface area contributed by atoms with Crippen molar-refractivity contribution >= 4 is 11.8 Å². The molecule has 0 N–H and O–H groups in total. The Kier molecular flexibility index (Phi) is 2.06. The average molecular weight is 196 g/mol. The van der Waals surface area contributed by atoms with Crippen molar-refractivity contribution in [2.24, 2.45) is 0 Å². The molecule has 0 fully saturated rings. The minimum atomic E-state index is -0.532. The SMILES string of the molecule is CC1CC2=C(C(=O)CC(C)O2)C(=O)O1. The van der Waals surface area contributed by atoms with Gasteiger partial charge in [0.15, 0.2) is 5.78 Å². The first kappa shape index (κ1) is 9.24. The Bertz CT molecular complexity index is 299. The average Bonchev–Trinajstić information content (AvgIpc) is 1.99. The highest BCUT2D eigenvalue weighted by molar-refractivity contribution is 6.18. The number of Topliss-reactive ketones (excluding diaryl/α,β-unsaturated/α-hetero) is 1. The Morgan fingerprint density at radius 3 is 2.43 bits per heavy atom. The van der Waals surface area contributed by atoms with Gasteiger partial charge in [-0.05, 0) is 13.8 Å². The van der Waals surface area contributed by atoms with Crippen molar-refractivity contribution in [1.29, 1.82) is 0 Å². The van der Waals surface area contributed by atoms with Gasteiger partial charge in [-0.15, -0.1) is 0 Å². The number of esters is 1. The van der Waals surface area contributed by atoms with Gasteiger partial charge in [-0.1, -0.05) is 0 Å². The summed E-state index contributed by atoms with van der Waals surface area (Å²) in [6.07, 6.45) is 0.457. The van der Waals surface area contributed by atoms with Crippen LogP contribution in [0, 0.1) is 0 Å². The van der Waals surface area contributed by atoms with Crippen LogP contribution in [0.25, 0.3) is 0 Å². The van der Waals surface area contributed by atoms with Crippen LogP contribution in [0.3, 0.4) is 0 Å². The van der Waals surface area contributed by atoms with E-state index in [-0.39, 0.29) is 30.0 Å². The third kappa shape index (κ3) is 1.41. The second kappa shape index (κ2) is 3.12. The van der Waals surface area contributed by atoms with Crippen LogP contribution in [0.5, 0.6) is 0 Å². The fraction of sp³-hybridized carbons (Fsp3) is 0.600. The summed E-state index contributed by atoms with van der Waals surface area (Å²) in [7, 11) is 0. The Morgan fingerprint density at radius 2 is 1.71 bits per heavy atom. The lowest BCUT2D eigenvalue weighted by atomic mass is 9.97. The van der Waals surface area contributed by atoms with Crippen LogP contribution in [0.2, 0.25) is 0 Å². The highest BCUT2D eigenvalue weighted by atomic mass is 16.6. The lowest BCUT2D eigenvalue weighted by molar-refractivity contribution is -0.149. The predicted molar refractivity (Wildman–Crippen MR) is 47.4 cm³/mol. The number of ether oxygens (including phenoxy) is 2. The van der Waals surface area contributed by atoms with Gasteiger partial charge in [0.05, 0.1) is 0 Å². The Balaban J connectivity index is 2.37. The molecule has 0 spiro atoms. The minimum Gasteiger partial charge on any atom is -0.493 e. The maximum Gasteiger partial charge on any atom is 0.345 e. The molecule has 0 radical (unpaired) electrons. The van der Waals surface area contributed by atoms with E-state index in [0.29, 0.717) is 12.2 Å². The van der Waals surface area contributed by atoms with Gasteiger partial charge >= 0.3 is 5.97 Å². The first-order valence-electron chi connectivity index (χ1n) is 4.72. The van der Waals surface area contributed by atoms with Gasteiger partial charge in [0.25, 0.3) is 0 Å². The van der Waals surface area contributed by atoms with Gasteiger partial charge in [-0.3, -0.25) is 4.79 Å².